The molecule has 5 nitrogen and oxygen atoms in total. The largest absolute Gasteiger partial charge is 0.304 e. The molecule has 4 unspecified atom stereocenters. The van der Waals surface area contributed by atoms with Crippen molar-refractivity contribution in [2.24, 2.45) is 11.8 Å². The summed E-state index contributed by atoms with van der Waals surface area (Å²) in [7, 11) is 0. The van der Waals surface area contributed by atoms with Crippen LogP contribution in [0.1, 0.15) is 43.1 Å². The van der Waals surface area contributed by atoms with Crippen molar-refractivity contribution in [2.45, 2.75) is 50.9 Å². The normalized spacial score (nSPS) is 31.8. The highest BCUT2D eigenvalue weighted by molar-refractivity contribution is 5.15. The van der Waals surface area contributed by atoms with Gasteiger partial charge in [0.15, 0.2) is 0 Å². The molecule has 3 aliphatic rings. The van der Waals surface area contributed by atoms with Gasteiger partial charge in [-0.15, -0.1) is 0 Å². The van der Waals surface area contributed by atoms with Crippen molar-refractivity contribution in [3.8, 4) is 0 Å². The third-order valence-electron chi connectivity index (χ3n) is 6.42. The third kappa shape index (κ3) is 3.00. The van der Waals surface area contributed by atoms with E-state index in [0.29, 0.717) is 12.1 Å². The van der Waals surface area contributed by atoms with E-state index in [4.69, 9.17) is 0 Å². The Balaban J connectivity index is 1.24. The van der Waals surface area contributed by atoms with Crippen molar-refractivity contribution in [1.29, 1.82) is 0 Å². The maximum absolute atomic E-state index is 4.52. The topological polar surface area (TPSA) is 46.0 Å². The molecule has 0 radical (unpaired) electrons. The summed E-state index contributed by atoms with van der Waals surface area (Å²) in [6.45, 7) is 4.61. The maximum Gasteiger partial charge on any atom is 0.143 e. The van der Waals surface area contributed by atoms with Gasteiger partial charge in [0.2, 0.25) is 0 Å². The molecule has 1 aliphatic carbocycles. The van der Waals surface area contributed by atoms with E-state index in [1.165, 1.54) is 44.3 Å². The minimum Gasteiger partial charge on any atom is -0.304 e. The highest BCUT2D eigenvalue weighted by atomic mass is 15.4. The van der Waals surface area contributed by atoms with Crippen LogP contribution in [-0.2, 0) is 13.1 Å². The predicted octanol–water partition coefficient (Wildman–Crippen LogP) is 2.61. The summed E-state index contributed by atoms with van der Waals surface area (Å²) in [6, 6.07) is 11.9. The van der Waals surface area contributed by atoms with Crippen molar-refractivity contribution < 1.29 is 0 Å². The molecule has 0 amide bonds. The summed E-state index contributed by atoms with van der Waals surface area (Å²) in [5.41, 5.74) is 1.44. The van der Waals surface area contributed by atoms with Crippen molar-refractivity contribution in [1.82, 2.24) is 25.0 Å². The van der Waals surface area contributed by atoms with Gasteiger partial charge >= 0.3 is 0 Å². The summed E-state index contributed by atoms with van der Waals surface area (Å²) >= 11 is 0. The zero-order valence-electron chi connectivity index (χ0n) is 14.7. The lowest BCUT2D eigenvalue weighted by atomic mass is 9.96. The number of fused-ring (bicyclic) bond motifs is 2. The Morgan fingerprint density at radius 1 is 1.08 bits per heavy atom. The second kappa shape index (κ2) is 6.54. The Morgan fingerprint density at radius 2 is 2.00 bits per heavy atom. The zero-order chi connectivity index (χ0) is 16.6. The van der Waals surface area contributed by atoms with Gasteiger partial charge in [0.05, 0.1) is 6.04 Å². The number of rotatable bonds is 4. The summed E-state index contributed by atoms with van der Waals surface area (Å²) in [5, 5.41) is 8.33. The minimum atomic E-state index is 0.392. The van der Waals surface area contributed by atoms with Crippen molar-refractivity contribution in [3.63, 3.8) is 0 Å². The first-order valence-corrected chi connectivity index (χ1v) is 9.77. The molecule has 25 heavy (non-hydrogen) atoms. The van der Waals surface area contributed by atoms with Crippen LogP contribution in [0.3, 0.4) is 0 Å². The number of likely N-dealkylation sites (tertiary alicyclic amines) is 1. The molecule has 1 saturated carbocycles. The lowest BCUT2D eigenvalue weighted by Gasteiger charge is -2.29. The fraction of sp³-hybridized carbons (Fsp3) is 0.600. The summed E-state index contributed by atoms with van der Waals surface area (Å²) in [6.07, 6.45) is 6.80. The Hall–Kier alpha value is -1.72. The fourth-order valence-electron chi connectivity index (χ4n) is 5.24. The van der Waals surface area contributed by atoms with Gasteiger partial charge in [0.1, 0.15) is 12.2 Å². The number of hydrogen-bond donors (Lipinski definition) is 1. The Kier molecular flexibility index (Phi) is 4.06. The van der Waals surface area contributed by atoms with Crippen molar-refractivity contribution in [2.75, 3.05) is 13.1 Å². The SMILES string of the molecule is c1ccc(CN2CC3CCC(NC4CCCn5ncnc54)C3C2)cc1. The Bertz CT molecular complexity index is 712. The van der Waals surface area contributed by atoms with Gasteiger partial charge in [-0.3, -0.25) is 4.90 Å². The number of nitrogens with zero attached hydrogens (tertiary/aromatic N) is 4. The van der Waals surface area contributed by atoms with E-state index in [-0.39, 0.29) is 0 Å². The monoisotopic (exact) mass is 337 g/mol. The first kappa shape index (κ1) is 15.5. The number of aryl methyl sites for hydroxylation is 1. The molecule has 2 aromatic rings. The van der Waals surface area contributed by atoms with Crippen LogP contribution in [0.2, 0.25) is 0 Å². The first-order chi connectivity index (χ1) is 12.4. The van der Waals surface area contributed by atoms with E-state index in [9.17, 15) is 0 Å². The van der Waals surface area contributed by atoms with E-state index in [1.807, 2.05) is 0 Å². The highest BCUT2D eigenvalue weighted by Gasteiger charge is 2.43. The second-order valence-corrected chi connectivity index (χ2v) is 7.99. The Morgan fingerprint density at radius 3 is 2.92 bits per heavy atom. The maximum atomic E-state index is 4.52. The quantitative estimate of drug-likeness (QED) is 0.932. The van der Waals surface area contributed by atoms with Crippen molar-refractivity contribution in [3.05, 3.63) is 48.0 Å². The van der Waals surface area contributed by atoms with Crippen LogP contribution < -0.4 is 5.32 Å². The van der Waals surface area contributed by atoms with Gasteiger partial charge in [-0.05, 0) is 43.1 Å². The Labute approximate surface area is 149 Å². The molecular formula is C20H27N5. The molecular weight excluding hydrogens is 310 g/mol. The van der Waals surface area contributed by atoms with Crippen molar-refractivity contribution >= 4 is 0 Å². The van der Waals surface area contributed by atoms with Gasteiger partial charge in [-0.1, -0.05) is 30.3 Å². The van der Waals surface area contributed by atoms with E-state index >= 15 is 0 Å². The van der Waals surface area contributed by atoms with E-state index in [2.05, 4.69) is 55.3 Å². The van der Waals surface area contributed by atoms with E-state index < -0.39 is 0 Å². The van der Waals surface area contributed by atoms with Gasteiger partial charge < -0.3 is 5.32 Å². The van der Waals surface area contributed by atoms with Crippen LogP contribution in [0.15, 0.2) is 36.7 Å². The van der Waals surface area contributed by atoms with Crippen LogP contribution in [0.5, 0.6) is 0 Å². The summed E-state index contributed by atoms with van der Waals surface area (Å²) < 4.78 is 2.09. The van der Waals surface area contributed by atoms with Crippen LogP contribution in [0.25, 0.3) is 0 Å². The molecule has 1 N–H and O–H groups in total. The fourth-order valence-corrected chi connectivity index (χ4v) is 5.24. The third-order valence-corrected chi connectivity index (χ3v) is 6.42. The molecule has 2 aliphatic heterocycles. The predicted molar refractivity (Wildman–Crippen MR) is 96.9 cm³/mol. The molecule has 2 fully saturated rings. The second-order valence-electron chi connectivity index (χ2n) is 7.99. The smallest absolute Gasteiger partial charge is 0.143 e. The number of nitrogens with one attached hydrogen (secondary N) is 1. The number of hydrogen-bond acceptors (Lipinski definition) is 4. The molecule has 3 heterocycles. The molecule has 1 aromatic heterocycles. The average molecular weight is 337 g/mol. The molecule has 5 rings (SSSR count). The molecule has 132 valence electrons. The number of benzene rings is 1. The molecule has 5 heteroatoms. The standard InChI is InChI=1S/C20H27N5/c1-2-5-15(6-3-1)11-24-12-16-8-9-18(17(16)13-24)23-19-7-4-10-25-20(19)21-14-22-25/h1-3,5-6,14,16-19,23H,4,7-13H2. The zero-order valence-corrected chi connectivity index (χ0v) is 14.7. The van der Waals surface area contributed by atoms with E-state index in [0.717, 1.165) is 30.7 Å². The number of aromatic nitrogens is 3. The minimum absolute atomic E-state index is 0.392. The highest BCUT2D eigenvalue weighted by Crippen LogP contribution is 2.40. The van der Waals surface area contributed by atoms with Crippen LogP contribution in [0, 0.1) is 11.8 Å². The molecule has 1 aromatic carbocycles. The van der Waals surface area contributed by atoms with Crippen LogP contribution in [0.4, 0.5) is 0 Å². The molecule has 1 saturated heterocycles. The summed E-state index contributed by atoms with van der Waals surface area (Å²) in [5.74, 6) is 2.80. The lowest BCUT2D eigenvalue weighted by Crippen LogP contribution is -2.40. The summed E-state index contributed by atoms with van der Waals surface area (Å²) in [4.78, 5) is 7.17. The first-order valence-electron chi connectivity index (χ1n) is 9.77. The lowest BCUT2D eigenvalue weighted by molar-refractivity contribution is 0.266. The molecule has 4 atom stereocenters. The van der Waals surface area contributed by atoms with Gasteiger partial charge in [-0.25, -0.2) is 9.67 Å². The van der Waals surface area contributed by atoms with Gasteiger partial charge in [-0.2, -0.15) is 5.10 Å². The van der Waals surface area contributed by atoms with E-state index in [1.54, 1.807) is 6.33 Å². The molecule has 0 bridgehead atoms. The van der Waals surface area contributed by atoms with Gasteiger partial charge in [0.25, 0.3) is 0 Å². The average Bonchev–Trinajstić information content (AvgIpc) is 3.33. The van der Waals surface area contributed by atoms with Crippen LogP contribution >= 0.6 is 0 Å². The van der Waals surface area contributed by atoms with Gasteiger partial charge in [0, 0.05) is 32.2 Å². The molecule has 0 spiro atoms. The van der Waals surface area contributed by atoms with Crippen LogP contribution in [-0.4, -0.2) is 38.8 Å².